The van der Waals surface area contributed by atoms with Crippen molar-refractivity contribution in [2.24, 2.45) is 0 Å². The van der Waals surface area contributed by atoms with E-state index in [0.29, 0.717) is 0 Å². The fraction of sp³-hybridized carbons (Fsp3) is 0.0204. The lowest BCUT2D eigenvalue weighted by molar-refractivity contribution is 0.435. The van der Waals surface area contributed by atoms with Gasteiger partial charge >= 0.3 is 0 Å². The monoisotopic (exact) mass is 655 g/mol. The second-order valence-corrected chi connectivity index (χ2v) is 11.6. The van der Waals surface area contributed by atoms with Crippen LogP contribution in [0.3, 0.4) is 0 Å². The number of para-hydroxylation sites is 1. The van der Waals surface area contributed by atoms with Crippen LogP contribution >= 0.6 is 0 Å². The van der Waals surface area contributed by atoms with Crippen LogP contribution in [-0.2, 0) is 5.41 Å². The molecule has 1 heteroatoms. The summed E-state index contributed by atoms with van der Waals surface area (Å²) < 4.78 is 160. The summed E-state index contributed by atoms with van der Waals surface area (Å²) in [5.74, 6) is -1.42. The standard InChI is InChI=1S/C49H34O/c1-5-15-37(16-6-1)43-31-29-39(33-44(43)38-17-7-2-8-18-38)35-25-27-36(28-26-35)40-30-32-46-48(34-40)50-47-24-14-13-23-45(47)49(46,41-19-9-3-10-20-41)42-21-11-4-12-22-42/h1-34H/i3D,4D,9D,10D,11D,12D,13D,14D,19D,20D,21D,22D,23D,24D,30D,32D,34D. The van der Waals surface area contributed by atoms with Gasteiger partial charge in [0.1, 0.15) is 11.5 Å². The fourth-order valence-corrected chi connectivity index (χ4v) is 6.52. The van der Waals surface area contributed by atoms with Crippen molar-refractivity contribution >= 4 is 0 Å². The Kier molecular flexibility index (Phi) is 4.21. The van der Waals surface area contributed by atoms with Crippen molar-refractivity contribution in [3.63, 3.8) is 0 Å². The van der Waals surface area contributed by atoms with Gasteiger partial charge in [-0.15, -0.1) is 0 Å². The normalized spacial score (nSPS) is 17.5. The van der Waals surface area contributed by atoms with Crippen molar-refractivity contribution < 1.29 is 28.0 Å². The molecule has 0 radical (unpaired) electrons. The molecule has 8 aromatic rings. The molecule has 1 nitrogen and oxygen atoms in total. The Balaban J connectivity index is 1.35. The molecule has 0 aliphatic carbocycles. The van der Waals surface area contributed by atoms with Gasteiger partial charge in [0, 0.05) is 11.1 Å². The van der Waals surface area contributed by atoms with E-state index in [-0.39, 0.29) is 11.1 Å². The van der Waals surface area contributed by atoms with E-state index in [4.69, 9.17) is 17.1 Å². The van der Waals surface area contributed by atoms with Crippen LogP contribution in [0.25, 0.3) is 44.5 Å². The number of benzene rings is 8. The van der Waals surface area contributed by atoms with E-state index in [1.54, 1.807) is 24.3 Å². The van der Waals surface area contributed by atoms with Gasteiger partial charge in [-0.3, -0.25) is 0 Å². The van der Waals surface area contributed by atoms with Crippen LogP contribution in [0, 0.1) is 0 Å². The number of fused-ring (bicyclic) bond motifs is 2. The van der Waals surface area contributed by atoms with Gasteiger partial charge < -0.3 is 4.74 Å². The molecule has 0 aromatic heterocycles. The molecule has 1 aliphatic heterocycles. The Hall–Kier alpha value is -6.44. The fourth-order valence-electron chi connectivity index (χ4n) is 6.52. The maximum Gasteiger partial charge on any atom is 0.132 e. The SMILES string of the molecule is [2H]c1c([2H])c([2H])c(C2(c3c([2H])c([2H])c([2H])c([2H])c3[2H])c3c([2H])c([2H])c([2H])c([2H])c3Oc3c([2H])c(-c4ccc(-c5ccc(-c6ccccc6)c(-c6ccccc6)c5)cc4)c([2H])c([2H])c32)c([2H])c1[2H]. The smallest absolute Gasteiger partial charge is 0.132 e. The topological polar surface area (TPSA) is 9.23 Å². The van der Waals surface area contributed by atoms with Gasteiger partial charge in [0.05, 0.1) is 28.7 Å². The van der Waals surface area contributed by atoms with Crippen LogP contribution in [0.4, 0.5) is 0 Å². The number of hydrogen-bond acceptors (Lipinski definition) is 1. The summed E-state index contributed by atoms with van der Waals surface area (Å²) in [6.07, 6.45) is 0. The molecule has 0 spiro atoms. The van der Waals surface area contributed by atoms with Crippen molar-refractivity contribution in [1.82, 2.24) is 0 Å². The van der Waals surface area contributed by atoms with E-state index in [0.717, 1.165) is 33.4 Å². The summed E-state index contributed by atoms with van der Waals surface area (Å²) in [7, 11) is 0. The Labute approximate surface area is 317 Å². The summed E-state index contributed by atoms with van der Waals surface area (Å²) in [5.41, 5.74) is -0.540. The molecule has 0 fully saturated rings. The van der Waals surface area contributed by atoms with E-state index >= 15 is 0 Å². The lowest BCUT2D eigenvalue weighted by Gasteiger charge is -2.41. The molecular formula is C49H34O. The first-order valence-electron chi connectivity index (χ1n) is 24.3. The highest BCUT2D eigenvalue weighted by molar-refractivity contribution is 5.87. The van der Waals surface area contributed by atoms with Crippen molar-refractivity contribution in [3.8, 4) is 56.0 Å². The van der Waals surface area contributed by atoms with Gasteiger partial charge in [-0.25, -0.2) is 0 Å². The minimum atomic E-state index is -3.01. The van der Waals surface area contributed by atoms with Crippen LogP contribution in [0.5, 0.6) is 11.5 Å². The zero-order valence-electron chi connectivity index (χ0n) is 43.2. The van der Waals surface area contributed by atoms with E-state index in [1.165, 1.54) is 0 Å². The Morgan fingerprint density at radius 2 is 0.900 bits per heavy atom. The molecule has 50 heavy (non-hydrogen) atoms. The Bertz CT molecular complexity index is 3230. The van der Waals surface area contributed by atoms with Gasteiger partial charge in [0.15, 0.2) is 0 Å². The Morgan fingerprint density at radius 1 is 0.380 bits per heavy atom. The van der Waals surface area contributed by atoms with E-state index in [1.807, 2.05) is 72.8 Å². The minimum absolute atomic E-state index is 0.194. The number of hydrogen-bond donors (Lipinski definition) is 0. The quantitative estimate of drug-likeness (QED) is 0.173. The molecule has 8 aromatic carbocycles. The molecule has 0 saturated heterocycles. The molecular weight excluding hydrogens is 605 g/mol. The van der Waals surface area contributed by atoms with Crippen molar-refractivity contribution in [1.29, 1.82) is 0 Å². The van der Waals surface area contributed by atoms with Crippen LogP contribution in [0.15, 0.2) is 206 Å². The third-order valence-corrected chi connectivity index (χ3v) is 8.83. The first kappa shape index (κ1) is 16.8. The van der Waals surface area contributed by atoms with Crippen LogP contribution in [0.2, 0.25) is 0 Å². The van der Waals surface area contributed by atoms with Crippen LogP contribution < -0.4 is 4.74 Å². The molecule has 0 N–H and O–H groups in total. The van der Waals surface area contributed by atoms with Gasteiger partial charge in [-0.2, -0.15) is 0 Å². The highest BCUT2D eigenvalue weighted by Gasteiger charge is 2.45. The maximum absolute atomic E-state index is 9.78. The molecule has 236 valence electrons. The molecule has 9 rings (SSSR count). The zero-order valence-corrected chi connectivity index (χ0v) is 26.2. The maximum atomic E-state index is 9.78. The lowest BCUT2D eigenvalue weighted by atomic mass is 9.63. The second-order valence-electron chi connectivity index (χ2n) is 11.6. The summed E-state index contributed by atoms with van der Waals surface area (Å²) in [5, 5.41) is 0. The van der Waals surface area contributed by atoms with Crippen molar-refractivity contribution in [3.05, 3.63) is 228 Å². The first-order valence-corrected chi connectivity index (χ1v) is 15.8. The van der Waals surface area contributed by atoms with Crippen LogP contribution in [0.1, 0.15) is 45.6 Å². The summed E-state index contributed by atoms with van der Waals surface area (Å²) >= 11 is 0. The molecule has 0 unspecified atom stereocenters. The predicted octanol–water partition coefficient (Wildman–Crippen LogP) is 12.8. The van der Waals surface area contributed by atoms with Gasteiger partial charge in [-0.05, 0) is 73.8 Å². The van der Waals surface area contributed by atoms with Gasteiger partial charge in [0.2, 0.25) is 0 Å². The molecule has 0 atom stereocenters. The molecule has 0 amide bonds. The molecule has 0 bridgehead atoms. The molecule has 1 heterocycles. The van der Waals surface area contributed by atoms with Gasteiger partial charge in [-0.1, -0.05) is 188 Å². The van der Waals surface area contributed by atoms with E-state index in [2.05, 4.69) is 6.07 Å². The summed E-state index contributed by atoms with van der Waals surface area (Å²) in [4.78, 5) is 0. The minimum Gasteiger partial charge on any atom is -0.457 e. The average Bonchev–Trinajstić information content (AvgIpc) is 3.34. The summed E-state index contributed by atoms with van der Waals surface area (Å²) in [6, 6.07) is 17.3. The van der Waals surface area contributed by atoms with E-state index in [9.17, 15) is 11.0 Å². The number of rotatable bonds is 6. The third-order valence-electron chi connectivity index (χ3n) is 8.83. The first-order chi connectivity index (χ1) is 31.9. The third kappa shape index (κ3) is 5.03. The lowest BCUT2D eigenvalue weighted by Crippen LogP contribution is -2.34. The second kappa shape index (κ2) is 12.5. The molecule has 1 aliphatic rings. The highest BCUT2D eigenvalue weighted by Crippen LogP contribution is 2.55. The van der Waals surface area contributed by atoms with Gasteiger partial charge in [0.25, 0.3) is 0 Å². The van der Waals surface area contributed by atoms with E-state index < -0.39 is 142 Å². The largest absolute Gasteiger partial charge is 0.457 e. The zero-order chi connectivity index (χ0) is 48.1. The average molecular weight is 656 g/mol. The van der Waals surface area contributed by atoms with Crippen molar-refractivity contribution in [2.75, 3.05) is 0 Å². The predicted molar refractivity (Wildman–Crippen MR) is 207 cm³/mol. The van der Waals surface area contributed by atoms with Crippen molar-refractivity contribution in [2.45, 2.75) is 5.41 Å². The summed E-state index contributed by atoms with van der Waals surface area (Å²) in [6.45, 7) is 0. The number of ether oxygens (including phenoxy) is 1. The van der Waals surface area contributed by atoms with Crippen LogP contribution in [-0.4, -0.2) is 0 Å². The Morgan fingerprint density at radius 3 is 1.54 bits per heavy atom. The highest BCUT2D eigenvalue weighted by atomic mass is 16.5. The molecule has 0 saturated carbocycles.